The van der Waals surface area contributed by atoms with Crippen LogP contribution in [0.15, 0.2) is 47.4 Å². The molecule has 2 N–H and O–H groups in total. The van der Waals surface area contributed by atoms with Crippen LogP contribution in [0.2, 0.25) is 5.02 Å². The third-order valence-corrected chi connectivity index (χ3v) is 3.76. The Morgan fingerprint density at radius 3 is 2.26 bits per heavy atom. The van der Waals surface area contributed by atoms with Gasteiger partial charge >= 0.3 is 0 Å². The summed E-state index contributed by atoms with van der Waals surface area (Å²) in [6, 6.07) is 12.9. The third-order valence-electron chi connectivity index (χ3n) is 2.60. The van der Waals surface area contributed by atoms with Crippen molar-refractivity contribution in [2.24, 2.45) is 5.14 Å². The zero-order valence-corrected chi connectivity index (χ0v) is 11.2. The molecule has 6 heteroatoms. The minimum absolute atomic E-state index is 0.0311. The van der Waals surface area contributed by atoms with E-state index in [2.05, 4.69) is 0 Å². The zero-order valence-electron chi connectivity index (χ0n) is 9.67. The molecule has 0 unspecified atom stereocenters. The van der Waals surface area contributed by atoms with E-state index < -0.39 is 10.0 Å². The predicted octanol–water partition coefficient (Wildman–Crippen LogP) is 2.53. The molecule has 0 bridgehead atoms. The van der Waals surface area contributed by atoms with Crippen LogP contribution >= 0.6 is 11.6 Å². The van der Waals surface area contributed by atoms with Crippen molar-refractivity contribution in [3.8, 4) is 17.2 Å². The fourth-order valence-corrected chi connectivity index (χ4v) is 2.33. The van der Waals surface area contributed by atoms with Crippen molar-refractivity contribution in [2.45, 2.75) is 4.90 Å². The molecule has 0 spiro atoms. The maximum atomic E-state index is 11.3. The van der Waals surface area contributed by atoms with Crippen LogP contribution in [0.4, 0.5) is 0 Å². The van der Waals surface area contributed by atoms with Gasteiger partial charge in [0.15, 0.2) is 0 Å². The fraction of sp³-hybridized carbons (Fsp3) is 0. The molecule has 0 radical (unpaired) electrons. The molecule has 2 aromatic rings. The summed E-state index contributed by atoms with van der Waals surface area (Å²) < 4.78 is 22.7. The highest BCUT2D eigenvalue weighted by Gasteiger charge is 2.12. The molecule has 0 aromatic heterocycles. The van der Waals surface area contributed by atoms with Crippen molar-refractivity contribution < 1.29 is 8.42 Å². The Morgan fingerprint density at radius 1 is 1.11 bits per heavy atom. The van der Waals surface area contributed by atoms with Crippen LogP contribution in [0, 0.1) is 11.3 Å². The maximum absolute atomic E-state index is 11.3. The van der Waals surface area contributed by atoms with E-state index in [4.69, 9.17) is 22.0 Å². The van der Waals surface area contributed by atoms with Gasteiger partial charge < -0.3 is 0 Å². The first-order valence-electron chi connectivity index (χ1n) is 5.25. The molecular formula is C13H9ClN2O2S. The molecule has 0 amide bonds. The number of primary sulfonamides is 1. The molecule has 0 aliphatic carbocycles. The van der Waals surface area contributed by atoms with Gasteiger partial charge in [0.25, 0.3) is 0 Å². The number of nitrogens with two attached hydrogens (primary N) is 1. The van der Waals surface area contributed by atoms with Crippen LogP contribution < -0.4 is 5.14 Å². The topological polar surface area (TPSA) is 83.9 Å². The Morgan fingerprint density at radius 2 is 1.74 bits per heavy atom. The van der Waals surface area contributed by atoms with E-state index in [1.54, 1.807) is 24.3 Å². The predicted molar refractivity (Wildman–Crippen MR) is 73.0 cm³/mol. The van der Waals surface area contributed by atoms with Gasteiger partial charge in [-0.25, -0.2) is 13.6 Å². The SMILES string of the molecule is N#Cc1ccc(S(N)(=O)=O)cc1-c1ccc(Cl)cc1. The normalized spacial score (nSPS) is 11.0. The van der Waals surface area contributed by atoms with Crippen molar-refractivity contribution in [1.82, 2.24) is 0 Å². The summed E-state index contributed by atoms with van der Waals surface area (Å²) >= 11 is 5.80. The molecule has 0 aliphatic rings. The second-order valence-electron chi connectivity index (χ2n) is 3.87. The number of nitrogens with zero attached hydrogens (tertiary/aromatic N) is 1. The van der Waals surface area contributed by atoms with Crippen molar-refractivity contribution in [3.63, 3.8) is 0 Å². The molecule has 0 saturated carbocycles. The van der Waals surface area contributed by atoms with Gasteiger partial charge in [-0.15, -0.1) is 0 Å². The Labute approximate surface area is 116 Å². The van der Waals surface area contributed by atoms with Crippen LogP contribution in [0.1, 0.15) is 5.56 Å². The highest BCUT2D eigenvalue weighted by atomic mass is 35.5. The standard InChI is InChI=1S/C13H9ClN2O2S/c14-11-4-1-9(2-5-11)13-7-12(19(16,17)18)6-3-10(13)8-15/h1-7H,(H2,16,17,18). The first-order valence-corrected chi connectivity index (χ1v) is 7.17. The molecule has 0 heterocycles. The van der Waals surface area contributed by atoms with Crippen LogP contribution in [-0.2, 0) is 10.0 Å². The van der Waals surface area contributed by atoms with Crippen LogP contribution in [0.3, 0.4) is 0 Å². The van der Waals surface area contributed by atoms with Gasteiger partial charge in [-0.1, -0.05) is 23.7 Å². The van der Waals surface area contributed by atoms with Gasteiger partial charge in [-0.3, -0.25) is 0 Å². The number of rotatable bonds is 2. The molecule has 0 saturated heterocycles. The largest absolute Gasteiger partial charge is 0.238 e. The highest BCUT2D eigenvalue weighted by Crippen LogP contribution is 2.27. The van der Waals surface area contributed by atoms with E-state index in [9.17, 15) is 8.42 Å². The summed E-state index contributed by atoms with van der Waals surface area (Å²) in [7, 11) is -3.80. The van der Waals surface area contributed by atoms with E-state index in [1.165, 1.54) is 18.2 Å². The van der Waals surface area contributed by atoms with E-state index in [0.29, 0.717) is 21.7 Å². The van der Waals surface area contributed by atoms with Gasteiger partial charge in [0.1, 0.15) is 0 Å². The summed E-state index contributed by atoms with van der Waals surface area (Å²) in [6.07, 6.45) is 0. The maximum Gasteiger partial charge on any atom is 0.238 e. The molecule has 2 aromatic carbocycles. The number of nitriles is 1. The van der Waals surface area contributed by atoms with Gasteiger partial charge in [0.2, 0.25) is 10.0 Å². The summed E-state index contributed by atoms with van der Waals surface area (Å²) in [5.74, 6) is 0. The Bertz CT molecular complexity index is 762. The average Bonchev–Trinajstić information content (AvgIpc) is 2.38. The fourth-order valence-electron chi connectivity index (χ4n) is 1.67. The smallest absolute Gasteiger partial charge is 0.225 e. The highest BCUT2D eigenvalue weighted by molar-refractivity contribution is 7.89. The summed E-state index contributed by atoms with van der Waals surface area (Å²) in [5.41, 5.74) is 1.58. The second-order valence-corrected chi connectivity index (χ2v) is 5.87. The van der Waals surface area contributed by atoms with Crippen LogP contribution in [0.5, 0.6) is 0 Å². The van der Waals surface area contributed by atoms with Crippen molar-refractivity contribution in [2.75, 3.05) is 0 Å². The molecule has 0 atom stereocenters. The first-order chi connectivity index (χ1) is 8.91. The summed E-state index contributed by atoms with van der Waals surface area (Å²) in [6.45, 7) is 0. The summed E-state index contributed by atoms with van der Waals surface area (Å²) in [4.78, 5) is -0.0311. The van der Waals surface area contributed by atoms with Gasteiger partial charge in [0, 0.05) is 10.6 Å². The van der Waals surface area contributed by atoms with Gasteiger partial charge in [-0.05, 0) is 35.9 Å². The molecular weight excluding hydrogens is 284 g/mol. The van der Waals surface area contributed by atoms with Crippen molar-refractivity contribution >= 4 is 21.6 Å². The number of hydrogen-bond acceptors (Lipinski definition) is 3. The number of benzene rings is 2. The molecule has 4 nitrogen and oxygen atoms in total. The van der Waals surface area contributed by atoms with Crippen molar-refractivity contribution in [1.29, 1.82) is 5.26 Å². The Kier molecular flexibility index (Phi) is 3.58. The molecule has 0 fully saturated rings. The lowest BCUT2D eigenvalue weighted by Gasteiger charge is -2.07. The molecule has 19 heavy (non-hydrogen) atoms. The first kappa shape index (κ1) is 13.6. The molecule has 0 aliphatic heterocycles. The van der Waals surface area contributed by atoms with E-state index in [1.807, 2.05) is 6.07 Å². The second kappa shape index (κ2) is 5.02. The monoisotopic (exact) mass is 292 g/mol. The molecule has 96 valence electrons. The number of sulfonamides is 1. The van der Waals surface area contributed by atoms with E-state index in [-0.39, 0.29) is 4.90 Å². The van der Waals surface area contributed by atoms with E-state index in [0.717, 1.165) is 0 Å². The minimum atomic E-state index is -3.80. The summed E-state index contributed by atoms with van der Waals surface area (Å²) in [5, 5.41) is 14.7. The minimum Gasteiger partial charge on any atom is -0.225 e. The Hall–Kier alpha value is -1.87. The number of halogens is 1. The quantitative estimate of drug-likeness (QED) is 0.923. The molecule has 2 rings (SSSR count). The van der Waals surface area contributed by atoms with Crippen LogP contribution in [0.25, 0.3) is 11.1 Å². The van der Waals surface area contributed by atoms with Crippen molar-refractivity contribution in [3.05, 3.63) is 53.1 Å². The lowest BCUT2D eigenvalue weighted by atomic mass is 10.0. The average molecular weight is 293 g/mol. The Balaban J connectivity index is 2.67. The lowest BCUT2D eigenvalue weighted by Crippen LogP contribution is -2.12. The van der Waals surface area contributed by atoms with Crippen LogP contribution in [-0.4, -0.2) is 8.42 Å². The van der Waals surface area contributed by atoms with E-state index >= 15 is 0 Å². The zero-order chi connectivity index (χ0) is 14.0. The number of hydrogen-bond donors (Lipinski definition) is 1. The lowest BCUT2D eigenvalue weighted by molar-refractivity contribution is 0.598. The van der Waals surface area contributed by atoms with Gasteiger partial charge in [0.05, 0.1) is 16.5 Å². The van der Waals surface area contributed by atoms with Gasteiger partial charge in [-0.2, -0.15) is 5.26 Å². The third kappa shape index (κ3) is 2.93.